The molecule has 2 atom stereocenters. The van der Waals surface area contributed by atoms with Gasteiger partial charge in [-0.05, 0) is 62.4 Å². The Morgan fingerprint density at radius 3 is 2.41 bits per heavy atom. The molecular weight excluding hydrogens is 370 g/mol. The van der Waals surface area contributed by atoms with Crippen molar-refractivity contribution < 1.29 is 24.2 Å². The molecule has 6 heteroatoms. The minimum absolute atomic E-state index is 0.109. The van der Waals surface area contributed by atoms with Crippen molar-refractivity contribution in [1.29, 1.82) is 0 Å². The number of carboxylic acids is 1. The minimum atomic E-state index is -1.04. The van der Waals surface area contributed by atoms with Crippen molar-refractivity contribution in [2.24, 2.45) is 0 Å². The summed E-state index contributed by atoms with van der Waals surface area (Å²) in [7, 11) is 0. The Bertz CT molecular complexity index is 868. The van der Waals surface area contributed by atoms with Gasteiger partial charge in [-0.15, -0.1) is 0 Å². The average Bonchev–Trinajstić information content (AvgIpc) is 2.68. The first-order valence-electron chi connectivity index (χ1n) is 9.80. The monoisotopic (exact) mass is 397 g/mol. The maximum Gasteiger partial charge on any atom is 0.341 e. The fourth-order valence-electron chi connectivity index (χ4n) is 3.71. The van der Waals surface area contributed by atoms with Gasteiger partial charge >= 0.3 is 5.97 Å². The summed E-state index contributed by atoms with van der Waals surface area (Å²) < 4.78 is 11.3. The Hall–Kier alpha value is -2.86. The van der Waals surface area contributed by atoms with Gasteiger partial charge in [0.15, 0.2) is 6.61 Å². The smallest absolute Gasteiger partial charge is 0.341 e. The molecule has 1 amide bonds. The molecule has 0 radical (unpaired) electrons. The SMILES string of the molecule is Cc1ccc(C2OCCCC2NC(=O)c2cc(C)c(OCC(=O)O)c(C)c2)cc1. The lowest BCUT2D eigenvalue weighted by atomic mass is 9.95. The molecule has 1 aliphatic heterocycles. The lowest BCUT2D eigenvalue weighted by Crippen LogP contribution is -2.42. The van der Waals surface area contributed by atoms with Gasteiger partial charge in [0.25, 0.3) is 5.91 Å². The summed E-state index contributed by atoms with van der Waals surface area (Å²) in [5.74, 6) is -0.707. The molecule has 29 heavy (non-hydrogen) atoms. The van der Waals surface area contributed by atoms with Gasteiger partial charge < -0.3 is 19.9 Å². The fraction of sp³-hybridized carbons (Fsp3) is 0.391. The van der Waals surface area contributed by atoms with Gasteiger partial charge in [-0.1, -0.05) is 29.8 Å². The molecule has 0 aromatic heterocycles. The average molecular weight is 397 g/mol. The number of benzene rings is 2. The van der Waals surface area contributed by atoms with Crippen LogP contribution in [0.1, 0.15) is 51.6 Å². The van der Waals surface area contributed by atoms with E-state index in [9.17, 15) is 9.59 Å². The van der Waals surface area contributed by atoms with Crippen LogP contribution in [0, 0.1) is 20.8 Å². The van der Waals surface area contributed by atoms with Crippen LogP contribution in [0.15, 0.2) is 36.4 Å². The molecule has 0 spiro atoms. The highest BCUT2D eigenvalue weighted by Gasteiger charge is 2.29. The molecule has 2 N–H and O–H groups in total. The number of carbonyl (C=O) groups excluding carboxylic acids is 1. The first-order chi connectivity index (χ1) is 13.8. The number of carboxylic acid groups (broad SMARTS) is 1. The molecule has 0 bridgehead atoms. The third-order valence-corrected chi connectivity index (χ3v) is 5.11. The van der Waals surface area contributed by atoms with Crippen LogP contribution in [0.25, 0.3) is 0 Å². The molecule has 1 heterocycles. The number of ether oxygens (including phenoxy) is 2. The largest absolute Gasteiger partial charge is 0.481 e. The quantitative estimate of drug-likeness (QED) is 0.776. The standard InChI is InChI=1S/C23H27NO5/c1-14-6-8-17(9-7-14)22-19(5-4-10-28-22)24-23(27)18-11-15(2)21(16(3)12-18)29-13-20(25)26/h6-9,11-12,19,22H,4-5,10,13H2,1-3H3,(H,24,27)(H,25,26). The summed E-state index contributed by atoms with van der Waals surface area (Å²) >= 11 is 0. The van der Waals surface area contributed by atoms with E-state index < -0.39 is 12.6 Å². The van der Waals surface area contributed by atoms with Gasteiger partial charge in [-0.25, -0.2) is 4.79 Å². The molecule has 0 saturated carbocycles. The molecule has 2 aromatic carbocycles. The summed E-state index contributed by atoms with van der Waals surface area (Å²) in [6.45, 7) is 5.92. The number of nitrogens with one attached hydrogen (secondary N) is 1. The fourth-order valence-corrected chi connectivity index (χ4v) is 3.71. The Morgan fingerprint density at radius 2 is 1.79 bits per heavy atom. The van der Waals surface area contributed by atoms with Gasteiger partial charge in [0.1, 0.15) is 11.9 Å². The summed E-state index contributed by atoms with van der Waals surface area (Å²) in [4.78, 5) is 23.7. The second kappa shape index (κ2) is 9.09. The number of amides is 1. The number of rotatable bonds is 6. The third-order valence-electron chi connectivity index (χ3n) is 5.11. The Labute approximate surface area is 170 Å². The van der Waals surface area contributed by atoms with E-state index >= 15 is 0 Å². The van der Waals surface area contributed by atoms with E-state index in [0.717, 1.165) is 29.5 Å². The highest BCUT2D eigenvalue weighted by molar-refractivity contribution is 5.95. The van der Waals surface area contributed by atoms with Crippen LogP contribution < -0.4 is 10.1 Å². The van der Waals surface area contributed by atoms with Crippen LogP contribution in [-0.4, -0.2) is 36.2 Å². The van der Waals surface area contributed by atoms with Gasteiger partial charge in [-0.2, -0.15) is 0 Å². The molecule has 1 fully saturated rings. The summed E-state index contributed by atoms with van der Waals surface area (Å²) in [6.07, 6.45) is 1.57. The number of hydrogen-bond donors (Lipinski definition) is 2. The third kappa shape index (κ3) is 5.15. The zero-order valence-corrected chi connectivity index (χ0v) is 17.0. The van der Waals surface area contributed by atoms with Crippen molar-refractivity contribution in [1.82, 2.24) is 5.32 Å². The maximum atomic E-state index is 12.9. The number of aryl methyl sites for hydroxylation is 3. The van der Waals surface area contributed by atoms with Crippen molar-refractivity contribution in [3.8, 4) is 5.75 Å². The van der Waals surface area contributed by atoms with Crippen molar-refractivity contribution in [2.45, 2.75) is 45.8 Å². The van der Waals surface area contributed by atoms with Crippen molar-refractivity contribution in [3.05, 3.63) is 64.2 Å². The van der Waals surface area contributed by atoms with E-state index in [2.05, 4.69) is 17.4 Å². The zero-order valence-electron chi connectivity index (χ0n) is 17.0. The summed E-state index contributed by atoms with van der Waals surface area (Å²) in [6, 6.07) is 11.5. The van der Waals surface area contributed by atoms with Crippen molar-refractivity contribution in [3.63, 3.8) is 0 Å². The van der Waals surface area contributed by atoms with Crippen molar-refractivity contribution >= 4 is 11.9 Å². The maximum absolute atomic E-state index is 12.9. The molecule has 1 saturated heterocycles. The Balaban J connectivity index is 1.75. The highest BCUT2D eigenvalue weighted by atomic mass is 16.5. The van der Waals surface area contributed by atoms with Crippen LogP contribution in [-0.2, 0) is 9.53 Å². The van der Waals surface area contributed by atoms with E-state index in [1.54, 1.807) is 26.0 Å². The van der Waals surface area contributed by atoms with Gasteiger partial charge in [0.2, 0.25) is 0 Å². The van der Waals surface area contributed by atoms with Crippen molar-refractivity contribution in [2.75, 3.05) is 13.2 Å². The van der Waals surface area contributed by atoms with Gasteiger partial charge in [-0.3, -0.25) is 4.79 Å². The van der Waals surface area contributed by atoms with E-state index in [1.165, 1.54) is 5.56 Å². The second-order valence-corrected chi connectivity index (χ2v) is 7.55. The predicted molar refractivity (Wildman–Crippen MR) is 109 cm³/mol. The lowest BCUT2D eigenvalue weighted by Gasteiger charge is -2.33. The molecular formula is C23H27NO5. The number of aliphatic carboxylic acids is 1. The molecule has 6 nitrogen and oxygen atoms in total. The molecule has 2 unspecified atom stereocenters. The Morgan fingerprint density at radius 1 is 1.14 bits per heavy atom. The minimum Gasteiger partial charge on any atom is -0.481 e. The highest BCUT2D eigenvalue weighted by Crippen LogP contribution is 2.30. The predicted octanol–water partition coefficient (Wildman–Crippen LogP) is 3.73. The van der Waals surface area contributed by atoms with E-state index in [1.807, 2.05) is 19.1 Å². The lowest BCUT2D eigenvalue weighted by molar-refractivity contribution is -0.139. The Kier molecular flexibility index (Phi) is 6.54. The summed E-state index contributed by atoms with van der Waals surface area (Å²) in [5, 5.41) is 11.9. The van der Waals surface area contributed by atoms with E-state index in [0.29, 0.717) is 17.9 Å². The summed E-state index contributed by atoms with van der Waals surface area (Å²) in [5.41, 5.74) is 4.22. The van der Waals surface area contributed by atoms with Crippen LogP contribution in [0.4, 0.5) is 0 Å². The first kappa shape index (κ1) is 20.9. The number of carbonyl (C=O) groups is 2. The first-order valence-corrected chi connectivity index (χ1v) is 9.80. The van der Waals surface area contributed by atoms with Crippen LogP contribution in [0.5, 0.6) is 5.75 Å². The zero-order chi connectivity index (χ0) is 21.0. The molecule has 1 aliphatic rings. The molecule has 154 valence electrons. The number of hydrogen-bond acceptors (Lipinski definition) is 4. The normalized spacial score (nSPS) is 18.9. The molecule has 3 rings (SSSR count). The van der Waals surface area contributed by atoms with Crippen LogP contribution in [0.2, 0.25) is 0 Å². The van der Waals surface area contributed by atoms with Crippen LogP contribution >= 0.6 is 0 Å². The molecule has 2 aromatic rings. The topological polar surface area (TPSA) is 84.9 Å². The van der Waals surface area contributed by atoms with Crippen LogP contribution in [0.3, 0.4) is 0 Å². The second-order valence-electron chi connectivity index (χ2n) is 7.55. The van der Waals surface area contributed by atoms with E-state index in [4.69, 9.17) is 14.6 Å². The van der Waals surface area contributed by atoms with Gasteiger partial charge in [0, 0.05) is 12.2 Å². The van der Waals surface area contributed by atoms with Gasteiger partial charge in [0.05, 0.1) is 6.04 Å². The van der Waals surface area contributed by atoms with E-state index in [-0.39, 0.29) is 18.1 Å². The molecule has 0 aliphatic carbocycles.